The molecule has 1 fully saturated rings. The van der Waals surface area contributed by atoms with E-state index in [1.54, 1.807) is 0 Å². The molecule has 1 aliphatic rings. The van der Waals surface area contributed by atoms with Crippen LogP contribution in [0.3, 0.4) is 0 Å². The number of benzene rings is 1. The Balaban J connectivity index is 2.20. The van der Waals surface area contributed by atoms with Crippen molar-refractivity contribution in [1.29, 1.82) is 0 Å². The van der Waals surface area contributed by atoms with Gasteiger partial charge in [0, 0.05) is 30.7 Å². The highest BCUT2D eigenvalue weighted by atomic mass is 35.5. The Morgan fingerprint density at radius 1 is 1.33 bits per heavy atom. The van der Waals surface area contributed by atoms with Crippen LogP contribution in [-0.2, 0) is 0 Å². The van der Waals surface area contributed by atoms with Crippen LogP contribution in [0.2, 0.25) is 5.02 Å². The van der Waals surface area contributed by atoms with Crippen molar-refractivity contribution in [2.75, 3.05) is 19.6 Å². The maximum absolute atomic E-state index is 6.22. The summed E-state index contributed by atoms with van der Waals surface area (Å²) in [6.07, 6.45) is 0. The Hall–Kier alpha value is -0.570. The molecule has 0 radical (unpaired) electrons. The van der Waals surface area contributed by atoms with Crippen LogP contribution < -0.4 is 5.73 Å². The molecule has 3 heteroatoms. The van der Waals surface area contributed by atoms with E-state index in [0.717, 1.165) is 35.5 Å². The number of rotatable bonds is 3. The summed E-state index contributed by atoms with van der Waals surface area (Å²) in [5, 5.41) is 0.839. The zero-order valence-electron chi connectivity index (χ0n) is 11.5. The first kappa shape index (κ1) is 13.9. The maximum atomic E-state index is 6.22. The van der Waals surface area contributed by atoms with Crippen molar-refractivity contribution >= 4 is 11.6 Å². The molecule has 18 heavy (non-hydrogen) atoms. The molecule has 1 heterocycles. The van der Waals surface area contributed by atoms with E-state index in [2.05, 4.69) is 36.9 Å². The van der Waals surface area contributed by atoms with Crippen LogP contribution in [0, 0.1) is 18.8 Å². The molecule has 100 valence electrons. The molecule has 0 aliphatic carbocycles. The Labute approximate surface area is 115 Å². The first-order valence-electron chi connectivity index (χ1n) is 6.73. The minimum atomic E-state index is 0.301. The molecule has 2 rings (SSSR count). The minimum Gasteiger partial charge on any atom is -0.329 e. The predicted octanol–water partition coefficient (Wildman–Crippen LogP) is 3.24. The van der Waals surface area contributed by atoms with Crippen LogP contribution in [0.4, 0.5) is 0 Å². The largest absolute Gasteiger partial charge is 0.329 e. The average molecular weight is 267 g/mol. The standard InChI is InChI=1S/C15H23ClN2/c1-10-4-5-13(6-14(10)16)15(7-17)18-8-11(2)12(3)9-18/h4-6,11-12,15H,7-9,17H2,1-3H3. The minimum absolute atomic E-state index is 0.301. The van der Waals surface area contributed by atoms with Gasteiger partial charge in [-0.05, 0) is 36.0 Å². The fraction of sp³-hybridized carbons (Fsp3) is 0.600. The quantitative estimate of drug-likeness (QED) is 0.910. The van der Waals surface area contributed by atoms with Crippen LogP contribution in [0.25, 0.3) is 0 Å². The van der Waals surface area contributed by atoms with Gasteiger partial charge in [-0.2, -0.15) is 0 Å². The number of nitrogens with zero attached hydrogens (tertiary/aromatic N) is 1. The molecule has 1 saturated heterocycles. The summed E-state index contributed by atoms with van der Waals surface area (Å²) >= 11 is 6.22. The molecule has 3 atom stereocenters. The molecule has 2 N–H and O–H groups in total. The van der Waals surface area contributed by atoms with Crippen molar-refractivity contribution in [1.82, 2.24) is 4.90 Å². The van der Waals surface area contributed by atoms with Crippen LogP contribution in [0.5, 0.6) is 0 Å². The molecule has 1 aromatic rings. The highest BCUT2D eigenvalue weighted by Gasteiger charge is 2.31. The van der Waals surface area contributed by atoms with Gasteiger partial charge in [0.2, 0.25) is 0 Å². The summed E-state index contributed by atoms with van der Waals surface area (Å²) in [5.74, 6) is 1.50. The highest BCUT2D eigenvalue weighted by Crippen LogP contribution is 2.31. The van der Waals surface area contributed by atoms with Gasteiger partial charge in [-0.25, -0.2) is 0 Å². The Kier molecular flexibility index (Phi) is 4.31. The fourth-order valence-corrected chi connectivity index (χ4v) is 2.93. The van der Waals surface area contributed by atoms with E-state index in [1.165, 1.54) is 5.56 Å². The second kappa shape index (κ2) is 5.60. The molecule has 0 saturated carbocycles. The Bertz CT molecular complexity index is 409. The highest BCUT2D eigenvalue weighted by molar-refractivity contribution is 6.31. The topological polar surface area (TPSA) is 29.3 Å². The summed E-state index contributed by atoms with van der Waals surface area (Å²) in [5.41, 5.74) is 8.35. The molecular formula is C15H23ClN2. The molecule has 2 nitrogen and oxygen atoms in total. The van der Waals surface area contributed by atoms with Crippen LogP contribution in [0.1, 0.15) is 31.0 Å². The van der Waals surface area contributed by atoms with E-state index < -0.39 is 0 Å². The lowest BCUT2D eigenvalue weighted by molar-refractivity contribution is 0.240. The number of aryl methyl sites for hydroxylation is 1. The number of hydrogen-bond acceptors (Lipinski definition) is 2. The Morgan fingerprint density at radius 2 is 1.94 bits per heavy atom. The van der Waals surface area contributed by atoms with Gasteiger partial charge in [0.15, 0.2) is 0 Å². The van der Waals surface area contributed by atoms with Crippen molar-refractivity contribution < 1.29 is 0 Å². The third-order valence-electron chi connectivity index (χ3n) is 4.26. The third kappa shape index (κ3) is 2.71. The molecule has 0 aromatic heterocycles. The fourth-order valence-electron chi connectivity index (χ4n) is 2.74. The van der Waals surface area contributed by atoms with Crippen molar-refractivity contribution in [3.63, 3.8) is 0 Å². The number of halogens is 1. The van der Waals surface area contributed by atoms with Gasteiger partial charge in [0.25, 0.3) is 0 Å². The van der Waals surface area contributed by atoms with Gasteiger partial charge in [-0.1, -0.05) is 37.6 Å². The third-order valence-corrected chi connectivity index (χ3v) is 4.67. The van der Waals surface area contributed by atoms with Gasteiger partial charge in [-0.3, -0.25) is 4.90 Å². The van der Waals surface area contributed by atoms with Crippen LogP contribution >= 0.6 is 11.6 Å². The van der Waals surface area contributed by atoms with Gasteiger partial charge in [0.1, 0.15) is 0 Å². The predicted molar refractivity (Wildman–Crippen MR) is 77.9 cm³/mol. The number of hydrogen-bond donors (Lipinski definition) is 1. The van der Waals surface area contributed by atoms with Crippen molar-refractivity contribution in [3.05, 3.63) is 34.3 Å². The van der Waals surface area contributed by atoms with Crippen LogP contribution in [-0.4, -0.2) is 24.5 Å². The van der Waals surface area contributed by atoms with E-state index in [0.29, 0.717) is 12.6 Å². The van der Waals surface area contributed by atoms with Gasteiger partial charge in [-0.15, -0.1) is 0 Å². The van der Waals surface area contributed by atoms with Crippen molar-refractivity contribution in [2.45, 2.75) is 26.8 Å². The summed E-state index contributed by atoms with van der Waals surface area (Å²) in [4.78, 5) is 2.50. The SMILES string of the molecule is Cc1ccc(C(CN)N2CC(C)C(C)C2)cc1Cl. The van der Waals surface area contributed by atoms with Gasteiger partial charge < -0.3 is 5.73 Å². The number of nitrogens with two attached hydrogens (primary N) is 1. The molecule has 1 aromatic carbocycles. The van der Waals surface area contributed by atoms with Gasteiger partial charge in [0.05, 0.1) is 0 Å². The van der Waals surface area contributed by atoms with E-state index in [4.69, 9.17) is 17.3 Å². The zero-order valence-corrected chi connectivity index (χ0v) is 12.2. The molecule has 3 unspecified atom stereocenters. The summed E-state index contributed by atoms with van der Waals surface area (Å²) in [6, 6.07) is 6.62. The van der Waals surface area contributed by atoms with E-state index in [1.807, 2.05) is 6.92 Å². The lowest BCUT2D eigenvalue weighted by atomic mass is 10.0. The molecule has 0 amide bonds. The van der Waals surface area contributed by atoms with Crippen LogP contribution in [0.15, 0.2) is 18.2 Å². The monoisotopic (exact) mass is 266 g/mol. The first-order valence-corrected chi connectivity index (χ1v) is 7.11. The number of likely N-dealkylation sites (tertiary alicyclic amines) is 1. The zero-order chi connectivity index (χ0) is 13.3. The second-order valence-electron chi connectivity index (χ2n) is 5.67. The average Bonchev–Trinajstić information content (AvgIpc) is 2.65. The Morgan fingerprint density at radius 3 is 2.44 bits per heavy atom. The summed E-state index contributed by atoms with van der Waals surface area (Å²) in [6.45, 7) is 9.59. The summed E-state index contributed by atoms with van der Waals surface area (Å²) < 4.78 is 0. The van der Waals surface area contributed by atoms with E-state index >= 15 is 0 Å². The second-order valence-corrected chi connectivity index (χ2v) is 6.08. The molecule has 0 spiro atoms. The first-order chi connectivity index (χ1) is 8.52. The van der Waals surface area contributed by atoms with Crippen molar-refractivity contribution in [2.24, 2.45) is 17.6 Å². The maximum Gasteiger partial charge on any atom is 0.0471 e. The lowest BCUT2D eigenvalue weighted by Gasteiger charge is -2.27. The lowest BCUT2D eigenvalue weighted by Crippen LogP contribution is -2.32. The smallest absolute Gasteiger partial charge is 0.0471 e. The molecule has 0 bridgehead atoms. The van der Waals surface area contributed by atoms with Gasteiger partial charge >= 0.3 is 0 Å². The molecular weight excluding hydrogens is 244 g/mol. The van der Waals surface area contributed by atoms with E-state index in [-0.39, 0.29) is 0 Å². The molecule has 1 aliphatic heterocycles. The van der Waals surface area contributed by atoms with E-state index in [9.17, 15) is 0 Å². The summed E-state index contributed by atoms with van der Waals surface area (Å²) in [7, 11) is 0. The normalized spacial score (nSPS) is 26.5. The van der Waals surface area contributed by atoms with Crippen molar-refractivity contribution in [3.8, 4) is 0 Å².